The van der Waals surface area contributed by atoms with Crippen molar-refractivity contribution in [1.29, 1.82) is 0 Å². The lowest BCUT2D eigenvalue weighted by atomic mass is 10.1. The number of nitrogens with zero attached hydrogens (tertiary/aromatic N) is 6. The maximum absolute atomic E-state index is 13.2. The maximum atomic E-state index is 13.2. The first-order chi connectivity index (χ1) is 22.9. The van der Waals surface area contributed by atoms with Crippen LogP contribution in [0.1, 0.15) is 18.3 Å². The molecule has 21 nitrogen and oxygen atoms in total. The van der Waals surface area contributed by atoms with Gasteiger partial charge in [0.05, 0.1) is 31.5 Å². The highest BCUT2D eigenvalue weighted by Crippen LogP contribution is 2.54. The highest BCUT2D eigenvalue weighted by atomic mass is 32.5. The van der Waals surface area contributed by atoms with E-state index in [1.54, 1.807) is 6.92 Å². The van der Waals surface area contributed by atoms with Crippen LogP contribution < -0.4 is 10.9 Å². The Morgan fingerprint density at radius 3 is 2.58 bits per heavy atom. The topological polar surface area (TPSA) is 280 Å². The molecule has 0 amide bonds. The SMILES string of the molecule is Cc1nc2c(ccn2[C@@H]2O[C@@H]3COP(=O)(O)O[C@@H]4C(O)[C@H](n5cnc6c(NCCO)ncnc65)O[C@@H]4COP(O)(=S)O[C@H]2C3O)c(=O)[nH]1. The van der Waals surface area contributed by atoms with Crippen molar-refractivity contribution in [2.45, 2.75) is 56.0 Å². The summed E-state index contributed by atoms with van der Waals surface area (Å²) in [4.78, 5) is 53.9. The molecule has 0 spiro atoms. The molecule has 3 saturated heterocycles. The summed E-state index contributed by atoms with van der Waals surface area (Å²) in [5, 5.41) is 34.8. The van der Waals surface area contributed by atoms with Gasteiger partial charge in [-0.25, -0.2) is 24.5 Å². The van der Waals surface area contributed by atoms with Crippen molar-refractivity contribution in [3.05, 3.63) is 41.1 Å². The van der Waals surface area contributed by atoms with Gasteiger partial charge in [0.1, 0.15) is 54.4 Å². The van der Waals surface area contributed by atoms with Crippen LogP contribution in [0, 0.1) is 6.92 Å². The molecule has 48 heavy (non-hydrogen) atoms. The van der Waals surface area contributed by atoms with Crippen LogP contribution in [0.5, 0.6) is 0 Å². The van der Waals surface area contributed by atoms with E-state index in [1.807, 2.05) is 0 Å². The first kappa shape index (κ1) is 33.7. The molecule has 4 aromatic heterocycles. The van der Waals surface area contributed by atoms with E-state index in [0.717, 1.165) is 0 Å². The second-order valence-electron chi connectivity index (χ2n) is 11.1. The van der Waals surface area contributed by atoms with Gasteiger partial charge in [0.15, 0.2) is 29.4 Å². The van der Waals surface area contributed by atoms with Crippen molar-refractivity contribution < 1.29 is 57.2 Å². The summed E-state index contributed by atoms with van der Waals surface area (Å²) in [6.07, 6.45) is -7.48. The van der Waals surface area contributed by atoms with E-state index in [4.69, 9.17) is 39.4 Å². The molecule has 24 heteroatoms. The number of aliphatic hydroxyl groups is 3. The molecule has 4 aromatic rings. The molecule has 3 aliphatic heterocycles. The molecule has 0 aliphatic carbocycles. The fraction of sp³-hybridized carbons (Fsp3) is 0.542. The van der Waals surface area contributed by atoms with Gasteiger partial charge in [0.2, 0.25) is 0 Å². The van der Waals surface area contributed by atoms with Crippen LogP contribution in [0.2, 0.25) is 0 Å². The van der Waals surface area contributed by atoms with Crippen molar-refractivity contribution in [3.63, 3.8) is 0 Å². The molecule has 7 heterocycles. The van der Waals surface area contributed by atoms with Crippen molar-refractivity contribution in [3.8, 4) is 0 Å². The Labute approximate surface area is 274 Å². The predicted octanol–water partition coefficient (Wildman–Crippen LogP) is -1.07. The lowest BCUT2D eigenvalue weighted by molar-refractivity contribution is -0.0634. The van der Waals surface area contributed by atoms with Crippen LogP contribution in [0.4, 0.5) is 5.82 Å². The smallest absolute Gasteiger partial charge is 0.395 e. The fourth-order valence-electron chi connectivity index (χ4n) is 5.81. The number of aromatic nitrogens is 7. The van der Waals surface area contributed by atoms with Gasteiger partial charge in [-0.2, -0.15) is 0 Å². The quantitative estimate of drug-likeness (QED) is 0.120. The molecule has 4 unspecified atom stereocenters. The lowest BCUT2D eigenvalue weighted by Crippen LogP contribution is -2.36. The average molecular weight is 733 g/mol. The Morgan fingerprint density at radius 2 is 1.79 bits per heavy atom. The predicted molar refractivity (Wildman–Crippen MR) is 164 cm³/mol. The number of hydrogen-bond acceptors (Lipinski definition) is 17. The van der Waals surface area contributed by atoms with Gasteiger partial charge in [-0.05, 0) is 24.8 Å². The van der Waals surface area contributed by atoms with Crippen molar-refractivity contribution >= 4 is 54.4 Å². The number of anilines is 1. The van der Waals surface area contributed by atoms with Crippen LogP contribution >= 0.6 is 14.5 Å². The highest BCUT2D eigenvalue weighted by molar-refractivity contribution is 8.07. The molecular formula is C24H30N8O13P2S. The number of rotatable bonds is 5. The van der Waals surface area contributed by atoms with Gasteiger partial charge in [-0.3, -0.25) is 22.9 Å². The summed E-state index contributed by atoms with van der Waals surface area (Å²) in [6, 6.07) is 1.47. The minimum absolute atomic E-state index is 0.170. The summed E-state index contributed by atoms with van der Waals surface area (Å²) in [7, 11) is -5.01. The fourth-order valence-corrected chi connectivity index (χ4v) is 8.19. The molecule has 260 valence electrons. The Kier molecular flexibility index (Phi) is 9.01. The zero-order valence-electron chi connectivity index (χ0n) is 24.7. The van der Waals surface area contributed by atoms with Crippen LogP contribution in [-0.4, -0.2) is 122 Å². The Hall–Kier alpha value is -2.79. The summed E-state index contributed by atoms with van der Waals surface area (Å²) in [5.74, 6) is 0.595. The van der Waals surface area contributed by atoms with E-state index >= 15 is 0 Å². The molecule has 3 fully saturated rings. The summed E-state index contributed by atoms with van der Waals surface area (Å²) < 4.78 is 49.9. The average Bonchev–Trinajstić information content (AvgIpc) is 3.79. The minimum Gasteiger partial charge on any atom is -0.395 e. The molecule has 0 saturated carbocycles. The van der Waals surface area contributed by atoms with E-state index in [0.29, 0.717) is 11.6 Å². The normalized spacial score (nSPS) is 36.0. The second kappa shape index (κ2) is 12.8. The molecular weight excluding hydrogens is 702 g/mol. The first-order valence-corrected chi connectivity index (χ1v) is 18.5. The van der Waals surface area contributed by atoms with E-state index in [9.17, 15) is 34.5 Å². The number of hydrogen-bond donors (Lipinski definition) is 7. The Balaban J connectivity index is 1.19. The Morgan fingerprint density at radius 1 is 1.02 bits per heavy atom. The lowest BCUT2D eigenvalue weighted by Gasteiger charge is -2.27. The third-order valence-corrected chi connectivity index (χ3v) is 10.5. The number of fused-ring (bicyclic) bond motifs is 5. The molecule has 10 atom stereocenters. The van der Waals surface area contributed by atoms with Gasteiger partial charge in [0, 0.05) is 12.7 Å². The summed E-state index contributed by atoms with van der Waals surface area (Å²) in [6.45, 7) is -4.00. The summed E-state index contributed by atoms with van der Waals surface area (Å²) >= 11 is 5.27. The minimum atomic E-state index is -5.01. The first-order valence-electron chi connectivity index (χ1n) is 14.4. The molecule has 7 N–H and O–H groups in total. The number of aliphatic hydroxyl groups excluding tert-OH is 3. The van der Waals surface area contributed by atoms with Crippen molar-refractivity contribution in [1.82, 2.24) is 34.1 Å². The maximum Gasteiger partial charge on any atom is 0.472 e. The van der Waals surface area contributed by atoms with Crippen LogP contribution in [0.15, 0.2) is 29.7 Å². The summed E-state index contributed by atoms with van der Waals surface area (Å²) in [5.41, 5.74) is 0.236. The van der Waals surface area contributed by atoms with Crippen molar-refractivity contribution in [2.75, 3.05) is 31.7 Å². The molecule has 2 bridgehead atoms. The van der Waals surface area contributed by atoms with E-state index in [-0.39, 0.29) is 35.3 Å². The zero-order chi connectivity index (χ0) is 34.0. The second-order valence-corrected chi connectivity index (χ2v) is 15.3. The largest absolute Gasteiger partial charge is 0.472 e. The molecule has 0 radical (unpaired) electrons. The number of imidazole rings is 1. The standard InChI is InChI=1S/C24H30N8O13P2S/c1-10-29-20-11(22(36)30-10)2-4-31(20)24-18-15(34)12(42-24)6-40-46(37,38)44-17-13(7-41-47(39,48)45-18)43-23(16(17)35)32-9-28-14-19(25-3-5-33)26-8-27-21(14)32/h2,4,8-9,12-13,15-18,23-24,33-35H,3,5-7H2,1H3,(H,37,38)(H,39,48)(H,25,26,27)(H,29,30,36)/t12-,13-,15?,16?,17+,18+,23-,24-,47?/m1/s1. The number of aryl methyl sites for hydroxylation is 1. The molecule has 3 aliphatic rings. The van der Waals surface area contributed by atoms with Gasteiger partial charge < -0.3 is 54.0 Å². The monoisotopic (exact) mass is 732 g/mol. The number of ether oxygens (including phenoxy) is 2. The van der Waals surface area contributed by atoms with Gasteiger partial charge >= 0.3 is 14.5 Å². The number of aromatic amines is 1. The number of phosphoric acid groups is 1. The highest BCUT2D eigenvalue weighted by Gasteiger charge is 2.53. The van der Waals surface area contributed by atoms with Gasteiger partial charge in [-0.15, -0.1) is 0 Å². The zero-order valence-corrected chi connectivity index (χ0v) is 27.3. The number of nitrogens with one attached hydrogen (secondary N) is 2. The van der Waals surface area contributed by atoms with E-state index in [1.165, 1.54) is 34.1 Å². The van der Waals surface area contributed by atoms with Crippen molar-refractivity contribution in [2.24, 2.45) is 0 Å². The third-order valence-electron chi connectivity index (χ3n) is 7.95. The molecule has 7 rings (SSSR count). The van der Waals surface area contributed by atoms with Crippen LogP contribution in [0.25, 0.3) is 22.2 Å². The number of H-pyrrole nitrogens is 1. The van der Waals surface area contributed by atoms with Gasteiger partial charge in [-0.1, -0.05) is 0 Å². The Bertz CT molecular complexity index is 1990. The van der Waals surface area contributed by atoms with E-state index < -0.39 is 82.4 Å². The third kappa shape index (κ3) is 6.22. The van der Waals surface area contributed by atoms with Crippen LogP contribution in [0.3, 0.4) is 0 Å². The van der Waals surface area contributed by atoms with Crippen LogP contribution in [-0.2, 0) is 43.9 Å². The molecule has 0 aromatic carbocycles. The number of phosphoric ester groups is 1. The van der Waals surface area contributed by atoms with E-state index in [2.05, 4.69) is 30.2 Å². The van der Waals surface area contributed by atoms with Gasteiger partial charge in [0.25, 0.3) is 5.56 Å².